The molecule has 1 N–H and O–H groups in total. The van der Waals surface area contributed by atoms with Gasteiger partial charge < -0.3 is 5.32 Å². The third-order valence-corrected chi connectivity index (χ3v) is 5.26. The smallest absolute Gasteiger partial charge is 0.248 e. The second-order valence-corrected chi connectivity index (χ2v) is 8.75. The number of nitrogens with one attached hydrogen (secondary N) is 1. The molecule has 0 aliphatic carbocycles. The Morgan fingerprint density at radius 1 is 0.767 bits per heavy atom. The number of rotatable bonds is 11. The number of para-hydroxylation sites is 1. The maximum atomic E-state index is 12.3. The van der Waals surface area contributed by atoms with Gasteiger partial charge in [-0.25, -0.2) is 0 Å². The van der Waals surface area contributed by atoms with E-state index in [0.29, 0.717) is 0 Å². The summed E-state index contributed by atoms with van der Waals surface area (Å²) in [5.41, 5.74) is 8.52. The summed E-state index contributed by atoms with van der Waals surface area (Å²) in [5.74, 6) is -0.0423. The van der Waals surface area contributed by atoms with Gasteiger partial charge in [0, 0.05) is 11.8 Å². The third kappa shape index (κ3) is 11.0. The van der Waals surface area contributed by atoms with E-state index in [1.54, 1.807) is 6.08 Å². The van der Waals surface area contributed by atoms with Crippen LogP contribution in [0.2, 0.25) is 0 Å². The lowest BCUT2D eigenvalue weighted by Crippen LogP contribution is -2.11. The molecule has 1 aromatic carbocycles. The van der Waals surface area contributed by atoms with Gasteiger partial charge in [0.15, 0.2) is 0 Å². The summed E-state index contributed by atoms with van der Waals surface area (Å²) in [6, 6.07) is 6.05. The molecule has 0 atom stereocenters. The maximum Gasteiger partial charge on any atom is 0.248 e. The molecule has 0 saturated heterocycles. The molecule has 1 aromatic rings. The molecule has 0 spiro atoms. The molecule has 0 fully saturated rings. The maximum absolute atomic E-state index is 12.3. The van der Waals surface area contributed by atoms with Crippen LogP contribution in [0.4, 0.5) is 5.69 Å². The van der Waals surface area contributed by atoms with Crippen LogP contribution in [-0.2, 0) is 4.79 Å². The molecule has 2 nitrogen and oxygen atoms in total. The Labute approximate surface area is 184 Å². The van der Waals surface area contributed by atoms with E-state index < -0.39 is 0 Å². The quantitative estimate of drug-likeness (QED) is 0.289. The Morgan fingerprint density at radius 2 is 1.23 bits per heavy atom. The first-order valence-electron chi connectivity index (χ1n) is 11.2. The van der Waals surface area contributed by atoms with Gasteiger partial charge in [-0.05, 0) is 98.1 Å². The molecule has 1 rings (SSSR count). The molecule has 2 heteroatoms. The summed E-state index contributed by atoms with van der Waals surface area (Å²) in [7, 11) is 0. The summed E-state index contributed by atoms with van der Waals surface area (Å²) in [6.45, 7) is 14.8. The van der Waals surface area contributed by atoms with Crippen LogP contribution in [0.3, 0.4) is 0 Å². The van der Waals surface area contributed by atoms with Gasteiger partial charge in [0.1, 0.15) is 0 Å². The normalized spacial score (nSPS) is 12.7. The van der Waals surface area contributed by atoms with Crippen molar-refractivity contribution in [3.63, 3.8) is 0 Å². The minimum absolute atomic E-state index is 0.0423. The topological polar surface area (TPSA) is 29.1 Å². The fourth-order valence-corrected chi connectivity index (χ4v) is 3.35. The van der Waals surface area contributed by atoms with E-state index in [-0.39, 0.29) is 5.91 Å². The first-order chi connectivity index (χ1) is 14.2. The number of anilines is 1. The average Bonchev–Trinajstić information content (AvgIpc) is 2.64. The highest BCUT2D eigenvalue weighted by molar-refractivity contribution is 6.00. The van der Waals surface area contributed by atoms with E-state index in [4.69, 9.17) is 0 Å². The van der Waals surface area contributed by atoms with Gasteiger partial charge in [0.25, 0.3) is 0 Å². The molecule has 0 radical (unpaired) electrons. The van der Waals surface area contributed by atoms with Crippen LogP contribution in [0.5, 0.6) is 0 Å². The predicted octanol–water partition coefficient (Wildman–Crippen LogP) is 8.39. The molecule has 30 heavy (non-hydrogen) atoms. The number of allylic oxidation sites excluding steroid dienone is 7. The molecule has 0 unspecified atom stereocenters. The van der Waals surface area contributed by atoms with E-state index in [9.17, 15) is 4.79 Å². The van der Waals surface area contributed by atoms with Crippen molar-refractivity contribution in [2.45, 2.75) is 87.0 Å². The minimum Gasteiger partial charge on any atom is -0.322 e. The lowest BCUT2D eigenvalue weighted by Gasteiger charge is -2.10. The molecule has 0 aliphatic rings. The zero-order valence-corrected chi connectivity index (χ0v) is 20.2. The summed E-state index contributed by atoms with van der Waals surface area (Å²) in [5, 5.41) is 3.03. The van der Waals surface area contributed by atoms with Crippen molar-refractivity contribution in [3.8, 4) is 0 Å². The minimum atomic E-state index is -0.0423. The fourth-order valence-electron chi connectivity index (χ4n) is 3.35. The second kappa shape index (κ2) is 13.8. The van der Waals surface area contributed by atoms with Gasteiger partial charge in [-0.2, -0.15) is 0 Å². The van der Waals surface area contributed by atoms with Crippen molar-refractivity contribution < 1.29 is 4.79 Å². The molecule has 0 aliphatic heterocycles. The number of carbonyl (C=O) groups excluding carboxylic acids is 1. The van der Waals surface area contributed by atoms with E-state index in [1.807, 2.05) is 39.0 Å². The molecular weight excluding hydrogens is 366 g/mol. The standard InChI is InChI=1S/C28H41NO/c1-21(2)12-8-13-22(3)14-9-15-23(4)16-10-17-24(5)20-27(30)29-28-25(6)18-11-19-26(28)7/h11-12,14,16,18-20H,8-10,13,15,17H2,1-7H3,(H,29,30)/b22-14+,23-16+,24-20+. The van der Waals surface area contributed by atoms with Gasteiger partial charge in [-0.3, -0.25) is 4.79 Å². The molecule has 0 heterocycles. The Morgan fingerprint density at radius 3 is 1.73 bits per heavy atom. The van der Waals surface area contributed by atoms with Crippen LogP contribution < -0.4 is 5.32 Å². The largest absolute Gasteiger partial charge is 0.322 e. The van der Waals surface area contributed by atoms with Crippen LogP contribution in [0, 0.1) is 13.8 Å². The van der Waals surface area contributed by atoms with Gasteiger partial charge >= 0.3 is 0 Å². The van der Waals surface area contributed by atoms with Gasteiger partial charge in [0.05, 0.1) is 0 Å². The van der Waals surface area contributed by atoms with Crippen LogP contribution in [0.1, 0.15) is 84.3 Å². The highest BCUT2D eigenvalue weighted by Crippen LogP contribution is 2.20. The first kappa shape index (κ1) is 25.7. The van der Waals surface area contributed by atoms with E-state index in [2.05, 4.69) is 51.2 Å². The van der Waals surface area contributed by atoms with Crippen LogP contribution in [-0.4, -0.2) is 5.91 Å². The Hall–Kier alpha value is -2.35. The summed E-state index contributed by atoms with van der Waals surface area (Å²) in [6.07, 6.45) is 15.1. The number of hydrogen-bond donors (Lipinski definition) is 1. The monoisotopic (exact) mass is 407 g/mol. The number of carbonyl (C=O) groups is 1. The van der Waals surface area contributed by atoms with E-state index in [0.717, 1.165) is 60.9 Å². The van der Waals surface area contributed by atoms with Crippen LogP contribution in [0.25, 0.3) is 0 Å². The summed E-state index contributed by atoms with van der Waals surface area (Å²) >= 11 is 0. The van der Waals surface area contributed by atoms with E-state index in [1.165, 1.54) is 16.7 Å². The molecule has 1 amide bonds. The van der Waals surface area contributed by atoms with Crippen molar-refractivity contribution in [1.82, 2.24) is 0 Å². The molecule has 0 bridgehead atoms. The number of hydrogen-bond acceptors (Lipinski definition) is 1. The van der Waals surface area contributed by atoms with Crippen molar-refractivity contribution in [1.29, 1.82) is 0 Å². The lowest BCUT2D eigenvalue weighted by molar-refractivity contribution is -0.112. The summed E-state index contributed by atoms with van der Waals surface area (Å²) < 4.78 is 0. The second-order valence-electron chi connectivity index (χ2n) is 8.75. The summed E-state index contributed by atoms with van der Waals surface area (Å²) in [4.78, 5) is 12.3. The zero-order chi connectivity index (χ0) is 22.5. The Bertz CT molecular complexity index is 797. The Kier molecular flexibility index (Phi) is 11.8. The van der Waals surface area contributed by atoms with Crippen molar-refractivity contribution in [2.75, 3.05) is 5.32 Å². The van der Waals surface area contributed by atoms with Crippen LogP contribution >= 0.6 is 0 Å². The van der Waals surface area contributed by atoms with Gasteiger partial charge in [0.2, 0.25) is 5.91 Å². The van der Waals surface area contributed by atoms with Gasteiger partial charge in [-0.15, -0.1) is 0 Å². The van der Waals surface area contributed by atoms with E-state index >= 15 is 0 Å². The van der Waals surface area contributed by atoms with Gasteiger partial charge in [-0.1, -0.05) is 58.7 Å². The van der Waals surface area contributed by atoms with Crippen molar-refractivity contribution >= 4 is 11.6 Å². The van der Waals surface area contributed by atoms with Crippen LogP contribution in [0.15, 0.2) is 64.8 Å². The molecule has 0 aromatic heterocycles. The molecule has 0 saturated carbocycles. The highest BCUT2D eigenvalue weighted by atomic mass is 16.1. The first-order valence-corrected chi connectivity index (χ1v) is 11.2. The van der Waals surface area contributed by atoms with Crippen molar-refractivity contribution in [2.24, 2.45) is 0 Å². The SMILES string of the molecule is CC(C)=CCC/C(C)=C/CC/C(C)=C/CC/C(C)=C/C(=O)Nc1c(C)cccc1C. The lowest BCUT2D eigenvalue weighted by atomic mass is 10.0. The fraction of sp³-hybridized carbons (Fsp3) is 0.464. The number of aryl methyl sites for hydroxylation is 2. The molecular formula is C28H41NO. The Balaban J connectivity index is 2.40. The molecule has 164 valence electrons. The number of benzene rings is 1. The third-order valence-electron chi connectivity index (χ3n) is 5.26. The predicted molar refractivity (Wildman–Crippen MR) is 133 cm³/mol. The van der Waals surface area contributed by atoms with Crippen molar-refractivity contribution in [3.05, 3.63) is 75.9 Å². The average molecular weight is 408 g/mol. The zero-order valence-electron chi connectivity index (χ0n) is 20.2. The number of amides is 1. The highest BCUT2D eigenvalue weighted by Gasteiger charge is 2.05.